The van der Waals surface area contributed by atoms with Crippen LogP contribution in [0, 0.1) is 11.3 Å². The molecule has 0 heterocycles. The van der Waals surface area contributed by atoms with Crippen LogP contribution < -0.4 is 0 Å². The first-order chi connectivity index (χ1) is 9.19. The number of halogens is 1. The van der Waals surface area contributed by atoms with Crippen molar-refractivity contribution in [2.45, 2.75) is 4.90 Å². The SMILES string of the molecule is N#Cc1ccc(C(=O)CSc2cccc(Br)c2)cc1. The van der Waals surface area contributed by atoms with Crippen molar-refractivity contribution in [3.63, 3.8) is 0 Å². The molecular weight excluding hydrogens is 322 g/mol. The minimum absolute atomic E-state index is 0.0643. The Balaban J connectivity index is 1.99. The maximum Gasteiger partial charge on any atom is 0.173 e. The lowest BCUT2D eigenvalue weighted by Gasteiger charge is -2.02. The van der Waals surface area contributed by atoms with E-state index in [4.69, 9.17) is 5.26 Å². The van der Waals surface area contributed by atoms with Crippen molar-refractivity contribution in [2.75, 3.05) is 5.75 Å². The average Bonchev–Trinajstić information content (AvgIpc) is 2.45. The molecule has 0 aliphatic rings. The fraction of sp³-hybridized carbons (Fsp3) is 0.0667. The number of carbonyl (C=O) groups is 1. The van der Waals surface area contributed by atoms with Crippen molar-refractivity contribution < 1.29 is 4.79 Å². The van der Waals surface area contributed by atoms with E-state index in [0.717, 1.165) is 9.37 Å². The summed E-state index contributed by atoms with van der Waals surface area (Å²) in [6.07, 6.45) is 0. The lowest BCUT2D eigenvalue weighted by Crippen LogP contribution is -2.02. The minimum atomic E-state index is 0.0643. The molecule has 2 nitrogen and oxygen atoms in total. The number of nitrogens with zero attached hydrogens (tertiary/aromatic N) is 1. The third-order valence-electron chi connectivity index (χ3n) is 2.50. The van der Waals surface area contributed by atoms with Crippen molar-refractivity contribution >= 4 is 33.5 Å². The van der Waals surface area contributed by atoms with Gasteiger partial charge in [-0.15, -0.1) is 11.8 Å². The molecular formula is C15H10BrNOS. The van der Waals surface area contributed by atoms with Crippen LogP contribution in [0.15, 0.2) is 57.9 Å². The summed E-state index contributed by atoms with van der Waals surface area (Å²) >= 11 is 4.90. The summed E-state index contributed by atoms with van der Waals surface area (Å²) in [5, 5.41) is 8.70. The normalized spacial score (nSPS) is 9.89. The molecule has 0 fully saturated rings. The van der Waals surface area contributed by atoms with Gasteiger partial charge in [0, 0.05) is 14.9 Å². The van der Waals surface area contributed by atoms with E-state index in [1.54, 1.807) is 24.3 Å². The van der Waals surface area contributed by atoms with Gasteiger partial charge in [-0.25, -0.2) is 0 Å². The largest absolute Gasteiger partial charge is 0.293 e. The summed E-state index contributed by atoms with van der Waals surface area (Å²) in [4.78, 5) is 13.0. The smallest absolute Gasteiger partial charge is 0.173 e. The summed E-state index contributed by atoms with van der Waals surface area (Å²) in [7, 11) is 0. The van der Waals surface area contributed by atoms with E-state index in [9.17, 15) is 4.79 Å². The minimum Gasteiger partial charge on any atom is -0.293 e. The van der Waals surface area contributed by atoms with Gasteiger partial charge in [-0.05, 0) is 30.3 Å². The quantitative estimate of drug-likeness (QED) is 0.619. The predicted octanol–water partition coefficient (Wildman–Crippen LogP) is 4.30. The average molecular weight is 332 g/mol. The number of ketones is 1. The Bertz CT molecular complexity index is 631. The van der Waals surface area contributed by atoms with Crippen molar-refractivity contribution in [1.29, 1.82) is 5.26 Å². The molecule has 0 N–H and O–H groups in total. The molecule has 0 saturated heterocycles. The summed E-state index contributed by atoms with van der Waals surface area (Å²) in [6.45, 7) is 0. The van der Waals surface area contributed by atoms with Crippen LogP contribution in [-0.2, 0) is 0 Å². The molecule has 0 unspecified atom stereocenters. The van der Waals surface area contributed by atoms with Gasteiger partial charge in [-0.2, -0.15) is 5.26 Å². The first-order valence-electron chi connectivity index (χ1n) is 5.61. The van der Waals surface area contributed by atoms with Crippen LogP contribution in [0.2, 0.25) is 0 Å². The van der Waals surface area contributed by atoms with Crippen molar-refractivity contribution in [1.82, 2.24) is 0 Å². The number of nitriles is 1. The fourth-order valence-corrected chi connectivity index (χ4v) is 2.92. The fourth-order valence-electron chi connectivity index (χ4n) is 1.52. The Hall–Kier alpha value is -1.57. The third-order valence-corrected chi connectivity index (χ3v) is 3.99. The number of hydrogen-bond acceptors (Lipinski definition) is 3. The van der Waals surface area contributed by atoms with Crippen LogP contribution in [0.4, 0.5) is 0 Å². The van der Waals surface area contributed by atoms with Crippen molar-refractivity contribution in [2.24, 2.45) is 0 Å². The first kappa shape index (κ1) is 13.9. The van der Waals surface area contributed by atoms with Gasteiger partial charge in [0.25, 0.3) is 0 Å². The second-order valence-corrected chi connectivity index (χ2v) is 5.82. The van der Waals surface area contributed by atoms with E-state index >= 15 is 0 Å². The van der Waals surface area contributed by atoms with Gasteiger partial charge >= 0.3 is 0 Å². The molecule has 0 bridgehead atoms. The molecule has 4 heteroatoms. The topological polar surface area (TPSA) is 40.9 Å². The van der Waals surface area contributed by atoms with Gasteiger partial charge in [-0.3, -0.25) is 4.79 Å². The molecule has 0 saturated carbocycles. The summed E-state index contributed by atoms with van der Waals surface area (Å²) < 4.78 is 1.00. The molecule has 2 aromatic carbocycles. The number of Topliss-reactive ketones (excluding diaryl/α,β-unsaturated/α-hetero) is 1. The highest BCUT2D eigenvalue weighted by molar-refractivity contribution is 9.10. The summed E-state index contributed by atoms with van der Waals surface area (Å²) in [5.74, 6) is 0.456. The standard InChI is InChI=1S/C15H10BrNOS/c16-13-2-1-3-14(8-13)19-10-15(18)12-6-4-11(9-17)5-7-12/h1-8H,10H2. The highest BCUT2D eigenvalue weighted by Gasteiger charge is 2.06. The molecule has 0 atom stereocenters. The van der Waals surface area contributed by atoms with E-state index < -0.39 is 0 Å². The molecule has 0 spiro atoms. The van der Waals surface area contributed by atoms with E-state index in [2.05, 4.69) is 15.9 Å². The maximum atomic E-state index is 12.0. The van der Waals surface area contributed by atoms with E-state index in [1.807, 2.05) is 30.3 Å². The number of benzene rings is 2. The van der Waals surface area contributed by atoms with Gasteiger partial charge in [-0.1, -0.05) is 34.1 Å². The van der Waals surface area contributed by atoms with Gasteiger partial charge in [0.2, 0.25) is 0 Å². The number of rotatable bonds is 4. The highest BCUT2D eigenvalue weighted by Crippen LogP contribution is 2.22. The zero-order valence-corrected chi connectivity index (χ0v) is 12.4. The molecule has 2 rings (SSSR count). The Labute approximate surface area is 124 Å². The van der Waals surface area contributed by atoms with Crippen molar-refractivity contribution in [3.8, 4) is 6.07 Å². The lowest BCUT2D eigenvalue weighted by atomic mass is 10.1. The molecule has 0 radical (unpaired) electrons. The second kappa shape index (κ2) is 6.55. The third kappa shape index (κ3) is 3.95. The maximum absolute atomic E-state index is 12.0. The van der Waals surface area contributed by atoms with Crippen LogP contribution in [0.1, 0.15) is 15.9 Å². The highest BCUT2D eigenvalue weighted by atomic mass is 79.9. The predicted molar refractivity (Wildman–Crippen MR) is 80.4 cm³/mol. The Kier molecular flexibility index (Phi) is 4.78. The van der Waals surface area contributed by atoms with E-state index in [0.29, 0.717) is 16.9 Å². The Morgan fingerprint density at radius 1 is 1.21 bits per heavy atom. The zero-order chi connectivity index (χ0) is 13.7. The van der Waals surface area contributed by atoms with Crippen LogP contribution in [0.25, 0.3) is 0 Å². The molecule has 0 aromatic heterocycles. The monoisotopic (exact) mass is 331 g/mol. The Morgan fingerprint density at radius 2 is 1.95 bits per heavy atom. The number of thioether (sulfide) groups is 1. The molecule has 2 aromatic rings. The van der Waals surface area contributed by atoms with Gasteiger partial charge < -0.3 is 0 Å². The molecule has 0 amide bonds. The van der Waals surface area contributed by atoms with Gasteiger partial charge in [0.15, 0.2) is 5.78 Å². The first-order valence-corrected chi connectivity index (χ1v) is 7.38. The van der Waals surface area contributed by atoms with E-state index in [1.165, 1.54) is 11.8 Å². The summed E-state index contributed by atoms with van der Waals surface area (Å²) in [5.41, 5.74) is 1.21. The summed E-state index contributed by atoms with van der Waals surface area (Å²) in [6, 6.07) is 16.6. The van der Waals surface area contributed by atoms with Crippen LogP contribution >= 0.6 is 27.7 Å². The number of carbonyl (C=O) groups excluding carboxylic acids is 1. The molecule has 19 heavy (non-hydrogen) atoms. The lowest BCUT2D eigenvalue weighted by molar-refractivity contribution is 0.102. The molecule has 0 aliphatic heterocycles. The second-order valence-electron chi connectivity index (χ2n) is 3.86. The van der Waals surface area contributed by atoms with Crippen LogP contribution in [-0.4, -0.2) is 11.5 Å². The van der Waals surface area contributed by atoms with E-state index in [-0.39, 0.29) is 5.78 Å². The number of hydrogen-bond donors (Lipinski definition) is 0. The molecule has 0 aliphatic carbocycles. The van der Waals surface area contributed by atoms with Crippen LogP contribution in [0.3, 0.4) is 0 Å². The van der Waals surface area contributed by atoms with Crippen LogP contribution in [0.5, 0.6) is 0 Å². The Morgan fingerprint density at radius 3 is 2.58 bits per heavy atom. The van der Waals surface area contributed by atoms with Gasteiger partial charge in [0.1, 0.15) is 0 Å². The molecule has 94 valence electrons. The van der Waals surface area contributed by atoms with Gasteiger partial charge in [0.05, 0.1) is 17.4 Å². The zero-order valence-electron chi connectivity index (χ0n) is 9.97. The van der Waals surface area contributed by atoms with Crippen molar-refractivity contribution in [3.05, 3.63) is 64.1 Å².